The van der Waals surface area contributed by atoms with Crippen molar-refractivity contribution in [2.45, 2.75) is 12.8 Å². The van der Waals surface area contributed by atoms with Crippen molar-refractivity contribution in [2.24, 2.45) is 0 Å². The number of carboxylic acids is 1. The Bertz CT molecular complexity index is 566. The number of fused-ring (bicyclic) bond motifs is 1. The molecule has 1 heterocycles. The predicted octanol–water partition coefficient (Wildman–Crippen LogP) is 2.43. The van der Waals surface area contributed by atoms with Crippen LogP contribution in [0.5, 0.6) is 5.75 Å². The van der Waals surface area contributed by atoms with E-state index in [0.29, 0.717) is 11.3 Å². The number of hydrogen-bond donors (Lipinski definition) is 1. The lowest BCUT2D eigenvalue weighted by Gasteiger charge is -2.12. The van der Waals surface area contributed by atoms with Crippen LogP contribution < -0.4 is 4.74 Å². The summed E-state index contributed by atoms with van der Waals surface area (Å²) in [5.41, 5.74) is 1.45. The molecular formula is C13H13NO3. The second-order valence-corrected chi connectivity index (χ2v) is 3.82. The molecule has 1 unspecified atom stereocenters. The lowest BCUT2D eigenvalue weighted by molar-refractivity contribution is -0.138. The van der Waals surface area contributed by atoms with Gasteiger partial charge in [-0.2, -0.15) is 0 Å². The summed E-state index contributed by atoms with van der Waals surface area (Å²) in [6.45, 7) is 1.66. The molecule has 0 aliphatic heterocycles. The first kappa shape index (κ1) is 11.4. The molecule has 2 rings (SSSR count). The number of pyridine rings is 1. The standard InChI is InChI=1S/C13H13NO3/c1-8(13(15)16)9-5-6-11(17-2)12-10(9)4-3-7-14-12/h3-8H,1-2H3,(H,15,16). The van der Waals surface area contributed by atoms with Crippen LogP contribution in [0.2, 0.25) is 0 Å². The largest absolute Gasteiger partial charge is 0.494 e. The van der Waals surface area contributed by atoms with E-state index in [0.717, 1.165) is 10.9 Å². The van der Waals surface area contributed by atoms with E-state index in [-0.39, 0.29) is 0 Å². The summed E-state index contributed by atoms with van der Waals surface area (Å²) in [6.07, 6.45) is 1.67. The molecule has 2 aromatic rings. The molecule has 0 aliphatic rings. The fraction of sp³-hybridized carbons (Fsp3) is 0.231. The zero-order chi connectivity index (χ0) is 12.4. The number of benzene rings is 1. The van der Waals surface area contributed by atoms with Gasteiger partial charge in [0, 0.05) is 11.6 Å². The fourth-order valence-electron chi connectivity index (χ4n) is 1.84. The number of carboxylic acid groups (broad SMARTS) is 1. The van der Waals surface area contributed by atoms with Crippen molar-refractivity contribution in [3.63, 3.8) is 0 Å². The van der Waals surface area contributed by atoms with Crippen LogP contribution in [0.25, 0.3) is 10.9 Å². The van der Waals surface area contributed by atoms with Crippen molar-refractivity contribution in [3.05, 3.63) is 36.0 Å². The van der Waals surface area contributed by atoms with Gasteiger partial charge in [0.25, 0.3) is 0 Å². The minimum Gasteiger partial charge on any atom is -0.494 e. The molecular weight excluding hydrogens is 218 g/mol. The molecule has 4 nitrogen and oxygen atoms in total. The van der Waals surface area contributed by atoms with Gasteiger partial charge in [-0.3, -0.25) is 9.78 Å². The molecule has 1 aromatic carbocycles. The van der Waals surface area contributed by atoms with Gasteiger partial charge < -0.3 is 9.84 Å². The molecule has 1 atom stereocenters. The molecule has 1 N–H and O–H groups in total. The van der Waals surface area contributed by atoms with Gasteiger partial charge in [-0.1, -0.05) is 12.1 Å². The molecule has 0 saturated heterocycles. The highest BCUT2D eigenvalue weighted by Gasteiger charge is 2.18. The van der Waals surface area contributed by atoms with Gasteiger partial charge in [-0.15, -0.1) is 0 Å². The van der Waals surface area contributed by atoms with Crippen LogP contribution in [0.15, 0.2) is 30.5 Å². The lowest BCUT2D eigenvalue weighted by atomic mass is 9.96. The van der Waals surface area contributed by atoms with Crippen LogP contribution in [0, 0.1) is 0 Å². The highest BCUT2D eigenvalue weighted by atomic mass is 16.5. The van der Waals surface area contributed by atoms with Crippen LogP contribution >= 0.6 is 0 Å². The summed E-state index contributed by atoms with van der Waals surface area (Å²) in [7, 11) is 1.57. The highest BCUT2D eigenvalue weighted by molar-refractivity contribution is 5.91. The Labute approximate surface area is 98.9 Å². The monoisotopic (exact) mass is 231 g/mol. The Balaban J connectivity index is 2.70. The second-order valence-electron chi connectivity index (χ2n) is 3.82. The summed E-state index contributed by atoms with van der Waals surface area (Å²) in [5, 5.41) is 9.89. The fourth-order valence-corrected chi connectivity index (χ4v) is 1.84. The van der Waals surface area contributed by atoms with Crippen LogP contribution in [-0.2, 0) is 4.79 Å². The summed E-state index contributed by atoms with van der Waals surface area (Å²) in [6, 6.07) is 7.19. The SMILES string of the molecule is COc1ccc(C(C)C(=O)O)c2cccnc12. The minimum absolute atomic E-state index is 0.562. The predicted molar refractivity (Wildman–Crippen MR) is 64.3 cm³/mol. The third kappa shape index (κ3) is 1.93. The van der Waals surface area contributed by atoms with E-state index in [4.69, 9.17) is 9.84 Å². The zero-order valence-corrected chi connectivity index (χ0v) is 9.68. The third-order valence-electron chi connectivity index (χ3n) is 2.82. The van der Waals surface area contributed by atoms with Gasteiger partial charge >= 0.3 is 5.97 Å². The smallest absolute Gasteiger partial charge is 0.310 e. The van der Waals surface area contributed by atoms with E-state index >= 15 is 0 Å². The first-order valence-electron chi connectivity index (χ1n) is 5.29. The Morgan fingerprint density at radius 2 is 2.18 bits per heavy atom. The minimum atomic E-state index is -0.847. The molecule has 4 heteroatoms. The van der Waals surface area contributed by atoms with Gasteiger partial charge in [-0.05, 0) is 24.6 Å². The number of ether oxygens (including phenoxy) is 1. The van der Waals surface area contributed by atoms with Gasteiger partial charge in [0.2, 0.25) is 0 Å². The molecule has 0 saturated carbocycles. The van der Waals surface area contributed by atoms with Crippen molar-refractivity contribution in [1.29, 1.82) is 0 Å². The Hall–Kier alpha value is -2.10. The van der Waals surface area contributed by atoms with Crippen molar-refractivity contribution in [2.75, 3.05) is 7.11 Å². The lowest BCUT2D eigenvalue weighted by Crippen LogP contribution is -2.08. The number of methoxy groups -OCH3 is 1. The van der Waals surface area contributed by atoms with Crippen molar-refractivity contribution < 1.29 is 14.6 Å². The quantitative estimate of drug-likeness (QED) is 0.881. The molecule has 1 aromatic heterocycles. The molecule has 0 bridgehead atoms. The number of rotatable bonds is 3. The van der Waals surface area contributed by atoms with Crippen molar-refractivity contribution in [1.82, 2.24) is 4.98 Å². The first-order chi connectivity index (χ1) is 8.15. The summed E-state index contributed by atoms with van der Waals surface area (Å²) in [5.74, 6) is -0.755. The van der Waals surface area contributed by atoms with Crippen molar-refractivity contribution in [3.8, 4) is 5.75 Å². The van der Waals surface area contributed by atoms with Crippen LogP contribution in [0.3, 0.4) is 0 Å². The maximum atomic E-state index is 11.0. The first-order valence-corrected chi connectivity index (χ1v) is 5.29. The number of nitrogens with zero attached hydrogens (tertiary/aromatic N) is 1. The normalized spacial score (nSPS) is 12.4. The maximum Gasteiger partial charge on any atom is 0.310 e. The Morgan fingerprint density at radius 3 is 2.82 bits per heavy atom. The van der Waals surface area contributed by atoms with Gasteiger partial charge in [0.1, 0.15) is 11.3 Å². The topological polar surface area (TPSA) is 59.4 Å². The molecule has 88 valence electrons. The Kier molecular flexibility index (Phi) is 2.95. The summed E-state index contributed by atoms with van der Waals surface area (Å²) >= 11 is 0. The van der Waals surface area contributed by atoms with E-state index in [1.54, 1.807) is 38.4 Å². The maximum absolute atomic E-state index is 11.0. The second kappa shape index (κ2) is 4.41. The number of carbonyl (C=O) groups is 1. The van der Waals surface area contributed by atoms with E-state index in [9.17, 15) is 4.79 Å². The molecule has 0 aliphatic carbocycles. The molecule has 0 spiro atoms. The summed E-state index contributed by atoms with van der Waals surface area (Å²) in [4.78, 5) is 15.3. The third-order valence-corrected chi connectivity index (χ3v) is 2.82. The number of aromatic nitrogens is 1. The van der Waals surface area contributed by atoms with Crippen LogP contribution in [0.4, 0.5) is 0 Å². The molecule has 0 amide bonds. The molecule has 17 heavy (non-hydrogen) atoms. The average Bonchev–Trinajstić information content (AvgIpc) is 2.36. The van der Waals surface area contributed by atoms with E-state index in [1.165, 1.54) is 0 Å². The van der Waals surface area contributed by atoms with E-state index < -0.39 is 11.9 Å². The van der Waals surface area contributed by atoms with Crippen LogP contribution in [-0.4, -0.2) is 23.2 Å². The van der Waals surface area contributed by atoms with E-state index in [2.05, 4.69) is 4.98 Å². The number of hydrogen-bond acceptors (Lipinski definition) is 3. The highest BCUT2D eigenvalue weighted by Crippen LogP contribution is 2.30. The van der Waals surface area contributed by atoms with Gasteiger partial charge in [0.05, 0.1) is 13.0 Å². The Morgan fingerprint density at radius 1 is 1.41 bits per heavy atom. The van der Waals surface area contributed by atoms with E-state index in [1.807, 2.05) is 6.07 Å². The molecule has 0 fully saturated rings. The van der Waals surface area contributed by atoms with Crippen LogP contribution in [0.1, 0.15) is 18.4 Å². The zero-order valence-electron chi connectivity index (χ0n) is 9.68. The average molecular weight is 231 g/mol. The van der Waals surface area contributed by atoms with Crippen molar-refractivity contribution >= 4 is 16.9 Å². The molecule has 0 radical (unpaired) electrons. The summed E-state index contributed by atoms with van der Waals surface area (Å²) < 4.78 is 5.21. The van der Waals surface area contributed by atoms with Gasteiger partial charge in [0.15, 0.2) is 0 Å². The number of aliphatic carboxylic acids is 1. The van der Waals surface area contributed by atoms with Gasteiger partial charge in [-0.25, -0.2) is 0 Å².